The van der Waals surface area contributed by atoms with Gasteiger partial charge in [0.05, 0.1) is 28.0 Å². The Kier molecular flexibility index (Phi) is 7.16. The largest absolute Gasteiger partial charge is 0.457 e. The van der Waals surface area contributed by atoms with Crippen molar-refractivity contribution in [3.05, 3.63) is 222 Å². The van der Waals surface area contributed by atoms with Crippen molar-refractivity contribution in [2.24, 2.45) is 0 Å². The summed E-state index contributed by atoms with van der Waals surface area (Å²) in [6.07, 6.45) is 0. The minimum Gasteiger partial charge on any atom is -0.457 e. The molecule has 284 valence electrons. The Morgan fingerprint density at radius 3 is 1.82 bits per heavy atom. The minimum atomic E-state index is -0.625. The SMILES string of the molecule is c1ccc(-c2cc(-c3cccc4oc5ccccc5c34)nc(-c3ccc(-c4nc5ccccc5c5c4-c4ccccc4C54c5ccccc5Oc5ccccc54)cc3)n2)cc1. The molecule has 1 spiro atoms. The van der Waals surface area contributed by atoms with E-state index in [-0.39, 0.29) is 0 Å². The summed E-state index contributed by atoms with van der Waals surface area (Å²) < 4.78 is 12.9. The summed E-state index contributed by atoms with van der Waals surface area (Å²) in [4.78, 5) is 16.0. The van der Waals surface area contributed by atoms with Crippen LogP contribution in [0.1, 0.15) is 22.3 Å². The molecule has 2 aliphatic rings. The number of benzene rings is 8. The highest BCUT2D eigenvalue weighted by Crippen LogP contribution is 2.64. The zero-order valence-corrected chi connectivity index (χ0v) is 32.7. The van der Waals surface area contributed by atoms with Crippen LogP contribution in [0, 0.1) is 0 Å². The minimum absolute atomic E-state index is 0.625. The van der Waals surface area contributed by atoms with Gasteiger partial charge in [0.2, 0.25) is 0 Å². The number of hydrogen-bond donors (Lipinski definition) is 0. The molecule has 1 aliphatic carbocycles. The summed E-state index contributed by atoms with van der Waals surface area (Å²) in [6, 6.07) is 69.8. The lowest BCUT2D eigenvalue weighted by Crippen LogP contribution is -2.32. The molecule has 1 aliphatic heterocycles. The van der Waals surface area contributed by atoms with Gasteiger partial charge in [-0.25, -0.2) is 15.0 Å². The molecule has 8 aromatic carbocycles. The van der Waals surface area contributed by atoms with Crippen molar-refractivity contribution in [1.29, 1.82) is 0 Å². The lowest BCUT2D eigenvalue weighted by molar-refractivity contribution is 0.437. The Balaban J connectivity index is 1.03. The fourth-order valence-corrected chi connectivity index (χ4v) is 10.0. The Hall–Kier alpha value is -8.15. The Morgan fingerprint density at radius 1 is 0.410 bits per heavy atom. The molecule has 0 amide bonds. The third kappa shape index (κ3) is 4.86. The number of nitrogens with zero attached hydrogens (tertiary/aromatic N) is 3. The fourth-order valence-electron chi connectivity index (χ4n) is 10.0. The predicted octanol–water partition coefficient (Wildman–Crippen LogP) is 14.1. The molecule has 13 rings (SSSR count). The summed E-state index contributed by atoms with van der Waals surface area (Å²) in [7, 11) is 0. The van der Waals surface area contributed by atoms with Crippen molar-refractivity contribution in [2.75, 3.05) is 0 Å². The van der Waals surface area contributed by atoms with Crippen LogP contribution in [-0.4, -0.2) is 15.0 Å². The number of rotatable bonds is 4. The van der Waals surface area contributed by atoms with Gasteiger partial charge in [0.1, 0.15) is 22.7 Å². The first kappa shape index (κ1) is 33.8. The Labute approximate surface area is 351 Å². The van der Waals surface area contributed by atoms with E-state index in [0.717, 1.165) is 100 Å². The van der Waals surface area contributed by atoms with E-state index in [1.165, 1.54) is 16.7 Å². The summed E-state index contributed by atoms with van der Waals surface area (Å²) in [5.41, 5.74) is 15.6. The van der Waals surface area contributed by atoms with E-state index >= 15 is 0 Å². The lowest BCUT2D eigenvalue weighted by atomic mass is 9.65. The second-order valence-corrected chi connectivity index (χ2v) is 15.8. The van der Waals surface area contributed by atoms with Crippen molar-refractivity contribution < 1.29 is 9.15 Å². The highest BCUT2D eigenvalue weighted by molar-refractivity contribution is 6.12. The molecular formula is C56H33N3O2. The van der Waals surface area contributed by atoms with Gasteiger partial charge < -0.3 is 9.15 Å². The average molecular weight is 780 g/mol. The van der Waals surface area contributed by atoms with Crippen molar-refractivity contribution in [3.8, 4) is 67.8 Å². The van der Waals surface area contributed by atoms with Gasteiger partial charge in [-0.05, 0) is 53.1 Å². The quantitative estimate of drug-likeness (QED) is 0.178. The maximum absolute atomic E-state index is 6.65. The van der Waals surface area contributed by atoms with E-state index in [4.69, 9.17) is 24.1 Å². The topological polar surface area (TPSA) is 61.0 Å². The molecule has 61 heavy (non-hydrogen) atoms. The average Bonchev–Trinajstić information content (AvgIpc) is 3.86. The summed E-state index contributed by atoms with van der Waals surface area (Å²) in [5.74, 6) is 2.37. The molecule has 0 N–H and O–H groups in total. The summed E-state index contributed by atoms with van der Waals surface area (Å²) >= 11 is 0. The van der Waals surface area contributed by atoms with Crippen LogP contribution in [0.25, 0.3) is 89.1 Å². The van der Waals surface area contributed by atoms with E-state index in [2.05, 4.69) is 158 Å². The van der Waals surface area contributed by atoms with Crippen LogP contribution in [-0.2, 0) is 5.41 Å². The molecule has 5 nitrogen and oxygen atoms in total. The fraction of sp³-hybridized carbons (Fsp3) is 0.0179. The molecule has 0 bridgehead atoms. The van der Waals surface area contributed by atoms with E-state index < -0.39 is 5.41 Å². The standard InChI is InChI=1S/C56H33N3O2/c1-2-15-34(16-3-1)45-33-46(38-20-14-28-50-51(38)40-19-6-11-25-47(40)60-50)59-55(58-45)36-31-29-35(30-32-36)54-52-37-17-4-7-21-41(37)56(53(52)39-18-5-10-24-44(39)57-54)42-22-8-12-26-48(42)61-49-27-13-9-23-43(49)56/h1-33H. The van der Waals surface area contributed by atoms with Crippen LogP contribution in [0.4, 0.5) is 0 Å². The van der Waals surface area contributed by atoms with Crippen LogP contribution in [0.2, 0.25) is 0 Å². The number of para-hydroxylation sites is 4. The first-order valence-corrected chi connectivity index (χ1v) is 20.6. The van der Waals surface area contributed by atoms with Crippen molar-refractivity contribution in [1.82, 2.24) is 15.0 Å². The van der Waals surface area contributed by atoms with Crippen LogP contribution in [0.15, 0.2) is 205 Å². The van der Waals surface area contributed by atoms with Crippen LogP contribution < -0.4 is 4.74 Å². The van der Waals surface area contributed by atoms with Crippen molar-refractivity contribution in [2.45, 2.75) is 5.41 Å². The lowest BCUT2D eigenvalue weighted by Gasteiger charge is -2.39. The molecule has 0 radical (unpaired) electrons. The highest BCUT2D eigenvalue weighted by Gasteiger charge is 2.52. The number of fused-ring (bicyclic) bond motifs is 14. The number of pyridine rings is 1. The number of hydrogen-bond acceptors (Lipinski definition) is 5. The van der Waals surface area contributed by atoms with Gasteiger partial charge in [-0.1, -0.05) is 164 Å². The van der Waals surface area contributed by atoms with E-state index in [0.29, 0.717) is 5.82 Å². The summed E-state index contributed by atoms with van der Waals surface area (Å²) in [5, 5.41) is 3.23. The van der Waals surface area contributed by atoms with Gasteiger partial charge in [-0.3, -0.25) is 0 Å². The first-order chi connectivity index (χ1) is 30.2. The molecule has 0 atom stereocenters. The van der Waals surface area contributed by atoms with Crippen molar-refractivity contribution in [3.63, 3.8) is 0 Å². The van der Waals surface area contributed by atoms with Gasteiger partial charge in [0.15, 0.2) is 5.82 Å². The zero-order chi connectivity index (χ0) is 40.1. The highest BCUT2D eigenvalue weighted by atomic mass is 16.5. The van der Waals surface area contributed by atoms with Crippen molar-refractivity contribution >= 4 is 32.8 Å². The van der Waals surface area contributed by atoms with E-state index in [1.54, 1.807) is 0 Å². The van der Waals surface area contributed by atoms with Crippen LogP contribution in [0.3, 0.4) is 0 Å². The second kappa shape index (κ2) is 12.9. The zero-order valence-electron chi connectivity index (χ0n) is 32.7. The molecule has 0 saturated carbocycles. The van der Waals surface area contributed by atoms with Crippen LogP contribution >= 0.6 is 0 Å². The molecule has 5 heteroatoms. The molecular weight excluding hydrogens is 747 g/mol. The van der Waals surface area contributed by atoms with Gasteiger partial charge in [-0.15, -0.1) is 0 Å². The van der Waals surface area contributed by atoms with Gasteiger partial charge >= 0.3 is 0 Å². The van der Waals surface area contributed by atoms with Gasteiger partial charge in [-0.2, -0.15) is 0 Å². The third-order valence-electron chi connectivity index (χ3n) is 12.6. The van der Waals surface area contributed by atoms with E-state index in [9.17, 15) is 0 Å². The molecule has 3 aromatic heterocycles. The third-order valence-corrected chi connectivity index (χ3v) is 12.6. The Morgan fingerprint density at radius 2 is 1.02 bits per heavy atom. The summed E-state index contributed by atoms with van der Waals surface area (Å²) in [6.45, 7) is 0. The molecule has 0 fully saturated rings. The van der Waals surface area contributed by atoms with Gasteiger partial charge in [0, 0.05) is 55.1 Å². The number of ether oxygens (including phenoxy) is 1. The first-order valence-electron chi connectivity index (χ1n) is 20.6. The molecule has 0 unspecified atom stereocenters. The smallest absolute Gasteiger partial charge is 0.160 e. The predicted molar refractivity (Wildman–Crippen MR) is 244 cm³/mol. The number of furan rings is 1. The molecule has 11 aromatic rings. The maximum Gasteiger partial charge on any atom is 0.160 e. The normalized spacial score (nSPS) is 13.2. The number of aromatic nitrogens is 3. The molecule has 0 saturated heterocycles. The maximum atomic E-state index is 6.65. The monoisotopic (exact) mass is 779 g/mol. The second-order valence-electron chi connectivity index (χ2n) is 15.8. The van der Waals surface area contributed by atoms with Crippen LogP contribution in [0.5, 0.6) is 11.5 Å². The Bertz CT molecular complexity index is 3530. The van der Waals surface area contributed by atoms with E-state index in [1.807, 2.05) is 42.5 Å². The molecule has 4 heterocycles. The van der Waals surface area contributed by atoms with Gasteiger partial charge in [0.25, 0.3) is 0 Å².